The number of allylic oxidation sites excluding steroid dienone is 2. The molecule has 4 heteroatoms. The summed E-state index contributed by atoms with van der Waals surface area (Å²) in [7, 11) is 0. The van der Waals surface area contributed by atoms with Gasteiger partial charge in [0.2, 0.25) is 0 Å². The predicted octanol–water partition coefficient (Wildman–Crippen LogP) is 18.0. The Bertz CT molecular complexity index is 989. The predicted molar refractivity (Wildman–Crippen MR) is 263 cm³/mol. The van der Waals surface area contributed by atoms with Gasteiger partial charge in [-0.1, -0.05) is 209 Å². The number of hydrogen-bond donors (Lipinski definition) is 0. The molecule has 0 heterocycles. The molecule has 0 aromatic rings. The van der Waals surface area contributed by atoms with Crippen LogP contribution >= 0.6 is 0 Å². The molecule has 4 atom stereocenters. The lowest BCUT2D eigenvalue weighted by Crippen LogP contribution is -2.09. The molecule has 354 valence electrons. The highest BCUT2D eigenvalue weighted by Crippen LogP contribution is 2.26. The lowest BCUT2D eigenvalue weighted by Gasteiger charge is -2.20. The van der Waals surface area contributed by atoms with Gasteiger partial charge in [-0.2, -0.15) is 0 Å². The van der Waals surface area contributed by atoms with Crippen molar-refractivity contribution in [2.75, 3.05) is 13.2 Å². The molecule has 4 unspecified atom stereocenters. The van der Waals surface area contributed by atoms with Crippen molar-refractivity contribution in [1.29, 1.82) is 0 Å². The number of ether oxygens (including phenoxy) is 2. The number of carbonyl (C=O) groups is 2. The summed E-state index contributed by atoms with van der Waals surface area (Å²) >= 11 is 0. The molecule has 0 aliphatic carbocycles. The van der Waals surface area contributed by atoms with Gasteiger partial charge < -0.3 is 9.47 Å². The smallest absolute Gasteiger partial charge is 0.306 e. The molecule has 60 heavy (non-hydrogen) atoms. The highest BCUT2D eigenvalue weighted by Gasteiger charge is 2.14. The number of rotatable bonds is 41. The van der Waals surface area contributed by atoms with E-state index in [9.17, 15) is 9.59 Å². The Labute approximate surface area is 376 Å². The zero-order chi connectivity index (χ0) is 45.0. The van der Waals surface area contributed by atoms with Crippen LogP contribution in [0.1, 0.15) is 263 Å². The van der Waals surface area contributed by atoms with Gasteiger partial charge in [0, 0.05) is 12.8 Å². The molecule has 0 aromatic carbocycles. The molecule has 0 rings (SSSR count). The van der Waals surface area contributed by atoms with Crippen molar-refractivity contribution in [3.05, 3.63) is 23.3 Å². The van der Waals surface area contributed by atoms with Gasteiger partial charge in [-0.3, -0.25) is 9.59 Å². The summed E-state index contributed by atoms with van der Waals surface area (Å²) < 4.78 is 11.1. The van der Waals surface area contributed by atoms with Crippen molar-refractivity contribution in [2.24, 2.45) is 47.3 Å². The van der Waals surface area contributed by atoms with Gasteiger partial charge in [-0.05, 0) is 112 Å². The van der Waals surface area contributed by atoms with Crippen LogP contribution in [0.25, 0.3) is 0 Å². The number of unbranched alkanes of at least 4 members (excludes halogenated alkanes) is 4. The van der Waals surface area contributed by atoms with Gasteiger partial charge in [-0.25, -0.2) is 0 Å². The molecule has 0 saturated carbocycles. The molecule has 0 spiro atoms. The second-order valence-electron chi connectivity index (χ2n) is 21.4. The minimum Gasteiger partial charge on any atom is -0.461 e. The van der Waals surface area contributed by atoms with Crippen molar-refractivity contribution in [1.82, 2.24) is 0 Å². The van der Waals surface area contributed by atoms with Crippen molar-refractivity contribution in [3.63, 3.8) is 0 Å². The molecular formula is C56H106O4. The fourth-order valence-electron chi connectivity index (χ4n) is 8.83. The fraction of sp³-hybridized carbons (Fsp3) is 0.893. The second-order valence-corrected chi connectivity index (χ2v) is 21.4. The van der Waals surface area contributed by atoms with Gasteiger partial charge in [0.15, 0.2) is 0 Å². The third-order valence-electron chi connectivity index (χ3n) is 13.5. The Balaban J connectivity index is 3.94. The van der Waals surface area contributed by atoms with Crippen molar-refractivity contribution in [2.45, 2.75) is 263 Å². The van der Waals surface area contributed by atoms with Crippen LogP contribution in [0.3, 0.4) is 0 Å². The molecular weight excluding hydrogens is 737 g/mol. The molecule has 0 amide bonds. The summed E-state index contributed by atoms with van der Waals surface area (Å²) in [6.07, 6.45) is 37.7. The third kappa shape index (κ3) is 39.3. The van der Waals surface area contributed by atoms with Crippen molar-refractivity contribution >= 4 is 11.9 Å². The molecule has 4 nitrogen and oxygen atoms in total. The van der Waals surface area contributed by atoms with E-state index >= 15 is 0 Å². The van der Waals surface area contributed by atoms with E-state index in [1.54, 1.807) is 0 Å². The van der Waals surface area contributed by atoms with Crippen LogP contribution in [0.15, 0.2) is 23.3 Å². The van der Waals surface area contributed by atoms with Crippen LogP contribution in [0, 0.1) is 47.3 Å². The maximum Gasteiger partial charge on any atom is 0.306 e. The Morgan fingerprint density at radius 3 is 1.00 bits per heavy atom. The standard InChI is InChI=1S/C56H106O4/c1-45(2)25-19-27-48(7)29-21-31-50(9)33-23-35-52(11)41-43-59-55(57)39-17-13-15-37-54(47(5)6)38-16-14-18-40-56(58)60-44-42-53(12)36-24-34-51(10)32-22-30-49(8)28-20-26-46(3)4/h41-42,45-51,54H,13-40,43-44H2,1-12H3/b52-41+,53-42+. The van der Waals surface area contributed by atoms with Crippen LogP contribution in [-0.2, 0) is 19.1 Å². The summed E-state index contributed by atoms with van der Waals surface area (Å²) in [5.74, 6) is 6.25. The largest absolute Gasteiger partial charge is 0.461 e. The first kappa shape index (κ1) is 58.4. The third-order valence-corrected chi connectivity index (χ3v) is 13.5. The topological polar surface area (TPSA) is 52.6 Å². The molecule has 0 saturated heterocycles. The first-order valence-electron chi connectivity index (χ1n) is 26.2. The molecule has 0 aliphatic heterocycles. The summed E-state index contributed by atoms with van der Waals surface area (Å²) in [4.78, 5) is 24.7. The van der Waals surface area contributed by atoms with E-state index in [2.05, 4.69) is 95.2 Å². The second kappa shape index (κ2) is 39.0. The van der Waals surface area contributed by atoms with E-state index in [1.165, 1.54) is 140 Å². The van der Waals surface area contributed by atoms with Gasteiger partial charge in [0.25, 0.3) is 0 Å². The maximum atomic E-state index is 12.4. The molecule has 0 bridgehead atoms. The normalized spacial score (nSPS) is 15.1. The summed E-state index contributed by atoms with van der Waals surface area (Å²) in [5.41, 5.74) is 2.69. The zero-order valence-electron chi connectivity index (χ0n) is 42.6. The lowest BCUT2D eigenvalue weighted by molar-refractivity contribution is -0.143. The van der Waals surface area contributed by atoms with Crippen molar-refractivity contribution < 1.29 is 19.1 Å². The molecule has 0 aromatic heterocycles. The van der Waals surface area contributed by atoms with Gasteiger partial charge >= 0.3 is 11.9 Å². The summed E-state index contributed by atoms with van der Waals surface area (Å²) in [6, 6.07) is 0. The van der Waals surface area contributed by atoms with E-state index in [1.807, 2.05) is 0 Å². The highest BCUT2D eigenvalue weighted by atomic mass is 16.5. The molecule has 0 fully saturated rings. The average molecular weight is 843 g/mol. The quantitative estimate of drug-likeness (QED) is 0.0350. The molecule has 0 aliphatic rings. The van der Waals surface area contributed by atoms with Crippen molar-refractivity contribution in [3.8, 4) is 0 Å². The SMILES string of the molecule is C/C(=C\COC(=O)CCCCCC(CCCCCC(=O)OC/C=C(\C)CCCC(C)CCCC(C)CCCC(C)C)C(C)C)CCCC(C)CCCC(C)CCCC(C)C. The minimum atomic E-state index is -0.0602. The lowest BCUT2D eigenvalue weighted by atomic mass is 9.86. The van der Waals surface area contributed by atoms with E-state index in [4.69, 9.17) is 9.47 Å². The fourth-order valence-corrected chi connectivity index (χ4v) is 8.83. The minimum absolute atomic E-state index is 0.0602. The Morgan fingerprint density at radius 2 is 0.683 bits per heavy atom. The Kier molecular flexibility index (Phi) is 38.0. The van der Waals surface area contributed by atoms with Gasteiger partial charge in [0.1, 0.15) is 13.2 Å². The Morgan fingerprint density at radius 1 is 0.367 bits per heavy atom. The first-order valence-corrected chi connectivity index (χ1v) is 26.2. The first-order chi connectivity index (χ1) is 28.6. The van der Waals surface area contributed by atoms with E-state index < -0.39 is 0 Å². The maximum absolute atomic E-state index is 12.4. The van der Waals surface area contributed by atoms with Crippen LogP contribution < -0.4 is 0 Å². The van der Waals surface area contributed by atoms with E-state index in [-0.39, 0.29) is 11.9 Å². The van der Waals surface area contributed by atoms with E-state index in [0.717, 1.165) is 74.0 Å². The molecule has 0 radical (unpaired) electrons. The Hall–Kier alpha value is -1.58. The number of hydrogen-bond acceptors (Lipinski definition) is 4. The van der Waals surface area contributed by atoms with E-state index in [0.29, 0.717) is 37.9 Å². The van der Waals surface area contributed by atoms with Crippen LogP contribution in [0.4, 0.5) is 0 Å². The summed E-state index contributed by atoms with van der Waals surface area (Å²) in [5, 5.41) is 0. The molecule has 0 N–H and O–H groups in total. The van der Waals surface area contributed by atoms with Gasteiger partial charge in [0.05, 0.1) is 0 Å². The van der Waals surface area contributed by atoms with Crippen LogP contribution in [-0.4, -0.2) is 25.2 Å². The summed E-state index contributed by atoms with van der Waals surface area (Å²) in [6.45, 7) is 28.9. The average Bonchev–Trinajstić information content (AvgIpc) is 3.16. The monoisotopic (exact) mass is 843 g/mol. The van der Waals surface area contributed by atoms with Gasteiger partial charge in [-0.15, -0.1) is 0 Å². The highest BCUT2D eigenvalue weighted by molar-refractivity contribution is 5.69. The number of carbonyl (C=O) groups excluding carboxylic acids is 2. The number of esters is 2. The van der Waals surface area contributed by atoms with Crippen LogP contribution in [0.2, 0.25) is 0 Å². The van der Waals surface area contributed by atoms with Crippen LogP contribution in [0.5, 0.6) is 0 Å². The zero-order valence-corrected chi connectivity index (χ0v) is 42.6.